The van der Waals surface area contributed by atoms with Crippen molar-refractivity contribution in [1.29, 1.82) is 0 Å². The van der Waals surface area contributed by atoms with Crippen LogP contribution in [0.2, 0.25) is 0 Å². The van der Waals surface area contributed by atoms with Crippen LogP contribution < -0.4 is 10.9 Å². The summed E-state index contributed by atoms with van der Waals surface area (Å²) in [5.74, 6) is -0.0490. The van der Waals surface area contributed by atoms with Gasteiger partial charge in [0.1, 0.15) is 0 Å². The number of hydrogen-bond acceptors (Lipinski definition) is 3. The summed E-state index contributed by atoms with van der Waals surface area (Å²) < 4.78 is 2.57. The van der Waals surface area contributed by atoms with Crippen molar-refractivity contribution in [3.63, 3.8) is 0 Å². The van der Waals surface area contributed by atoms with E-state index in [9.17, 15) is 9.59 Å². The molecule has 1 saturated carbocycles. The normalized spacial score (nSPS) is 15.2. The maximum atomic E-state index is 12.8. The molecule has 0 radical (unpaired) electrons. The molecule has 3 aromatic rings. The second-order valence-electron chi connectivity index (χ2n) is 6.93. The van der Waals surface area contributed by atoms with E-state index in [2.05, 4.69) is 5.32 Å². The van der Waals surface area contributed by atoms with Crippen LogP contribution >= 0.6 is 11.3 Å². The number of rotatable bonds is 4. The number of benzene rings is 1. The van der Waals surface area contributed by atoms with E-state index in [1.165, 1.54) is 30.6 Å². The molecular weight excluding hydrogens is 344 g/mol. The van der Waals surface area contributed by atoms with Gasteiger partial charge in [-0.15, -0.1) is 11.3 Å². The van der Waals surface area contributed by atoms with E-state index in [0.717, 1.165) is 23.1 Å². The molecule has 0 saturated heterocycles. The van der Waals surface area contributed by atoms with Gasteiger partial charge >= 0.3 is 0 Å². The second-order valence-corrected chi connectivity index (χ2v) is 8.02. The van der Waals surface area contributed by atoms with Gasteiger partial charge in [-0.2, -0.15) is 0 Å². The average Bonchev–Trinajstić information content (AvgIpc) is 3.11. The fourth-order valence-corrected chi connectivity index (χ4v) is 4.55. The van der Waals surface area contributed by atoms with Crippen molar-refractivity contribution in [1.82, 2.24) is 9.88 Å². The van der Waals surface area contributed by atoms with Crippen LogP contribution in [0.1, 0.15) is 47.3 Å². The first kappa shape index (κ1) is 17.0. The quantitative estimate of drug-likeness (QED) is 0.753. The first-order valence-corrected chi connectivity index (χ1v) is 10.00. The van der Waals surface area contributed by atoms with Crippen LogP contribution in [0.15, 0.2) is 53.5 Å². The van der Waals surface area contributed by atoms with Gasteiger partial charge in [0.05, 0.1) is 16.8 Å². The molecule has 1 aliphatic rings. The Kier molecular flexibility index (Phi) is 4.89. The molecule has 2 heterocycles. The van der Waals surface area contributed by atoms with Crippen LogP contribution in [-0.4, -0.2) is 16.5 Å². The van der Waals surface area contributed by atoms with Crippen molar-refractivity contribution < 1.29 is 4.79 Å². The van der Waals surface area contributed by atoms with Gasteiger partial charge in [0.15, 0.2) is 0 Å². The number of fused-ring (bicyclic) bond motifs is 1. The van der Waals surface area contributed by atoms with Crippen molar-refractivity contribution in [3.05, 3.63) is 69.5 Å². The molecule has 1 amide bonds. The van der Waals surface area contributed by atoms with Gasteiger partial charge in [0.25, 0.3) is 11.5 Å². The summed E-state index contributed by atoms with van der Waals surface area (Å²) in [6, 6.07) is 13.9. The standard InChI is InChI=1S/C21H22N2O2S/c24-20(22-16-9-5-2-6-10-16)19-13-17-18(26-19)11-12-23(21(17)25)14-15-7-3-1-4-8-15/h1,3-4,7-8,11-13,16H,2,5-6,9-10,14H2,(H,22,24). The van der Waals surface area contributed by atoms with Gasteiger partial charge in [0, 0.05) is 16.9 Å². The van der Waals surface area contributed by atoms with Crippen molar-refractivity contribution in [2.75, 3.05) is 0 Å². The van der Waals surface area contributed by atoms with Crippen molar-refractivity contribution in [2.45, 2.75) is 44.7 Å². The third-order valence-electron chi connectivity index (χ3n) is 5.02. The van der Waals surface area contributed by atoms with Gasteiger partial charge in [-0.1, -0.05) is 49.6 Å². The minimum absolute atomic E-state index is 0.0423. The third-order valence-corrected chi connectivity index (χ3v) is 6.12. The zero-order chi connectivity index (χ0) is 17.9. The number of nitrogens with zero attached hydrogens (tertiary/aromatic N) is 1. The number of nitrogens with one attached hydrogen (secondary N) is 1. The smallest absolute Gasteiger partial charge is 0.261 e. The number of carbonyl (C=O) groups is 1. The first-order valence-electron chi connectivity index (χ1n) is 9.18. The Morgan fingerprint density at radius 1 is 1.12 bits per heavy atom. The fraction of sp³-hybridized carbons (Fsp3) is 0.333. The van der Waals surface area contributed by atoms with E-state index < -0.39 is 0 Å². The lowest BCUT2D eigenvalue weighted by Crippen LogP contribution is -2.35. The summed E-state index contributed by atoms with van der Waals surface area (Å²) in [5.41, 5.74) is 1.04. The van der Waals surface area contributed by atoms with E-state index in [1.807, 2.05) is 42.6 Å². The Balaban J connectivity index is 1.57. The summed E-state index contributed by atoms with van der Waals surface area (Å²) >= 11 is 1.40. The molecule has 4 nitrogen and oxygen atoms in total. The summed E-state index contributed by atoms with van der Waals surface area (Å²) in [6.45, 7) is 0.537. The highest BCUT2D eigenvalue weighted by atomic mass is 32.1. The summed E-state index contributed by atoms with van der Waals surface area (Å²) in [5, 5.41) is 3.76. The number of thiophene rings is 1. The van der Waals surface area contributed by atoms with Crippen LogP contribution in [-0.2, 0) is 6.54 Å². The largest absolute Gasteiger partial charge is 0.349 e. The van der Waals surface area contributed by atoms with E-state index in [1.54, 1.807) is 10.6 Å². The Morgan fingerprint density at radius 2 is 1.88 bits per heavy atom. The molecule has 1 aromatic carbocycles. The Hall–Kier alpha value is -2.40. The number of carbonyl (C=O) groups excluding carboxylic acids is 1. The summed E-state index contributed by atoms with van der Waals surface area (Å²) in [7, 11) is 0. The molecule has 1 aliphatic carbocycles. The molecule has 2 aromatic heterocycles. The lowest BCUT2D eigenvalue weighted by molar-refractivity contribution is 0.0932. The van der Waals surface area contributed by atoms with Crippen LogP contribution in [0, 0.1) is 0 Å². The number of amides is 1. The molecule has 1 fully saturated rings. The highest BCUT2D eigenvalue weighted by molar-refractivity contribution is 7.20. The second kappa shape index (κ2) is 7.46. The van der Waals surface area contributed by atoms with Crippen molar-refractivity contribution in [2.24, 2.45) is 0 Å². The van der Waals surface area contributed by atoms with Gasteiger partial charge in [0.2, 0.25) is 0 Å². The van der Waals surface area contributed by atoms with E-state index in [-0.39, 0.29) is 17.5 Å². The molecule has 0 bridgehead atoms. The van der Waals surface area contributed by atoms with E-state index >= 15 is 0 Å². The zero-order valence-electron chi connectivity index (χ0n) is 14.6. The molecule has 0 atom stereocenters. The molecule has 0 unspecified atom stereocenters. The van der Waals surface area contributed by atoms with Gasteiger partial charge < -0.3 is 9.88 Å². The predicted molar refractivity (Wildman–Crippen MR) is 106 cm³/mol. The SMILES string of the molecule is O=C(NC1CCCCC1)c1cc2c(=O)n(Cc3ccccc3)ccc2s1. The van der Waals surface area contributed by atoms with E-state index in [4.69, 9.17) is 0 Å². The van der Waals surface area contributed by atoms with Crippen molar-refractivity contribution in [3.8, 4) is 0 Å². The topological polar surface area (TPSA) is 51.1 Å². The molecular formula is C21H22N2O2S. The monoisotopic (exact) mass is 366 g/mol. The van der Waals surface area contributed by atoms with Gasteiger partial charge in [-0.05, 0) is 30.5 Å². The van der Waals surface area contributed by atoms with Crippen LogP contribution in [0.25, 0.3) is 10.1 Å². The van der Waals surface area contributed by atoms with Gasteiger partial charge in [-0.25, -0.2) is 0 Å². The molecule has 26 heavy (non-hydrogen) atoms. The minimum atomic E-state index is -0.0490. The molecule has 0 spiro atoms. The van der Waals surface area contributed by atoms with Gasteiger partial charge in [-0.3, -0.25) is 9.59 Å². The maximum absolute atomic E-state index is 12.8. The fourth-order valence-electron chi connectivity index (χ4n) is 3.60. The predicted octanol–water partition coefficient (Wildman–Crippen LogP) is 4.17. The van der Waals surface area contributed by atoms with Crippen LogP contribution in [0.3, 0.4) is 0 Å². The number of pyridine rings is 1. The Labute approximate surface area is 156 Å². The number of hydrogen-bond donors (Lipinski definition) is 1. The minimum Gasteiger partial charge on any atom is -0.349 e. The summed E-state index contributed by atoms with van der Waals surface area (Å²) in [6.07, 6.45) is 7.55. The Morgan fingerprint density at radius 3 is 2.65 bits per heavy atom. The molecule has 134 valence electrons. The van der Waals surface area contributed by atoms with Crippen molar-refractivity contribution >= 4 is 27.3 Å². The summed E-state index contributed by atoms with van der Waals surface area (Å²) in [4.78, 5) is 26.0. The highest BCUT2D eigenvalue weighted by Crippen LogP contribution is 2.24. The number of aromatic nitrogens is 1. The van der Waals surface area contributed by atoms with Crippen LogP contribution in [0.4, 0.5) is 0 Å². The lowest BCUT2D eigenvalue weighted by Gasteiger charge is -2.22. The first-order chi connectivity index (χ1) is 12.7. The lowest BCUT2D eigenvalue weighted by atomic mass is 9.95. The van der Waals surface area contributed by atoms with E-state index in [0.29, 0.717) is 16.8 Å². The van der Waals surface area contributed by atoms with Crippen LogP contribution in [0.5, 0.6) is 0 Å². The maximum Gasteiger partial charge on any atom is 0.261 e. The average molecular weight is 366 g/mol. The molecule has 5 heteroatoms. The Bertz CT molecular complexity index is 969. The molecule has 1 N–H and O–H groups in total. The highest BCUT2D eigenvalue weighted by Gasteiger charge is 2.19. The molecule has 4 rings (SSSR count). The molecule has 0 aliphatic heterocycles. The zero-order valence-corrected chi connectivity index (χ0v) is 15.4. The third kappa shape index (κ3) is 3.58.